The van der Waals surface area contributed by atoms with Gasteiger partial charge < -0.3 is 0 Å². The second kappa shape index (κ2) is 6.27. The molecule has 0 bridgehead atoms. The molecule has 0 unspecified atom stereocenters. The third-order valence-corrected chi connectivity index (χ3v) is 5.08. The quantitative estimate of drug-likeness (QED) is 0.859. The lowest BCUT2D eigenvalue weighted by Crippen LogP contribution is -2.45. The van der Waals surface area contributed by atoms with Crippen LogP contribution in [0, 0.1) is 6.92 Å². The van der Waals surface area contributed by atoms with Gasteiger partial charge in [0, 0.05) is 5.54 Å². The number of sulfonamides is 1. The SMILES string of the molecule is [B]c1ccc(CC(C)(C)NS(=O)(=O)c2ccc(C)cc2)cc1. The van der Waals surface area contributed by atoms with Crippen molar-refractivity contribution in [2.45, 2.75) is 37.6 Å². The second-order valence-corrected chi connectivity index (χ2v) is 7.90. The fourth-order valence-electron chi connectivity index (χ4n) is 2.32. The number of benzene rings is 2. The molecule has 0 saturated heterocycles. The Morgan fingerprint density at radius 1 is 1.00 bits per heavy atom. The van der Waals surface area contributed by atoms with Crippen LogP contribution in [-0.4, -0.2) is 21.8 Å². The minimum Gasteiger partial charge on any atom is -0.207 e. The molecule has 0 amide bonds. The third kappa shape index (κ3) is 4.45. The Balaban J connectivity index is 2.16. The van der Waals surface area contributed by atoms with Crippen LogP contribution in [0.4, 0.5) is 0 Å². The van der Waals surface area contributed by atoms with E-state index in [2.05, 4.69) is 4.72 Å². The molecule has 22 heavy (non-hydrogen) atoms. The summed E-state index contributed by atoms with van der Waals surface area (Å²) in [6.45, 7) is 5.67. The summed E-state index contributed by atoms with van der Waals surface area (Å²) in [6.07, 6.45) is 0.582. The molecule has 2 aromatic carbocycles. The average Bonchev–Trinajstić information content (AvgIpc) is 2.40. The molecule has 0 atom stereocenters. The minimum atomic E-state index is -3.54. The van der Waals surface area contributed by atoms with Crippen molar-refractivity contribution < 1.29 is 8.42 Å². The van der Waals surface area contributed by atoms with Crippen molar-refractivity contribution >= 4 is 23.3 Å². The number of hydrogen-bond donors (Lipinski definition) is 1. The van der Waals surface area contributed by atoms with Crippen LogP contribution >= 0.6 is 0 Å². The molecule has 0 fully saturated rings. The van der Waals surface area contributed by atoms with E-state index in [0.29, 0.717) is 11.9 Å². The minimum absolute atomic E-state index is 0.281. The van der Waals surface area contributed by atoms with E-state index in [-0.39, 0.29) is 4.90 Å². The Hall–Kier alpha value is -1.59. The Morgan fingerprint density at radius 3 is 2.09 bits per heavy atom. The molecule has 0 heterocycles. The first-order valence-electron chi connectivity index (χ1n) is 7.13. The number of rotatable bonds is 5. The highest BCUT2D eigenvalue weighted by molar-refractivity contribution is 7.89. The van der Waals surface area contributed by atoms with Crippen LogP contribution < -0.4 is 10.2 Å². The summed E-state index contributed by atoms with van der Waals surface area (Å²) in [4.78, 5) is 0.281. The Kier molecular flexibility index (Phi) is 4.78. The lowest BCUT2D eigenvalue weighted by Gasteiger charge is -2.26. The lowest BCUT2D eigenvalue weighted by molar-refractivity contribution is 0.450. The van der Waals surface area contributed by atoms with Gasteiger partial charge in [-0.25, -0.2) is 13.1 Å². The van der Waals surface area contributed by atoms with Crippen molar-refractivity contribution in [1.29, 1.82) is 0 Å². The molecule has 0 aliphatic carbocycles. The van der Waals surface area contributed by atoms with Crippen LogP contribution in [0.3, 0.4) is 0 Å². The van der Waals surface area contributed by atoms with E-state index < -0.39 is 15.6 Å². The normalized spacial score (nSPS) is 12.3. The van der Waals surface area contributed by atoms with Crippen LogP contribution in [0.25, 0.3) is 0 Å². The maximum atomic E-state index is 12.5. The van der Waals surface area contributed by atoms with Gasteiger partial charge in [0.2, 0.25) is 10.0 Å². The second-order valence-electron chi connectivity index (χ2n) is 6.22. The van der Waals surface area contributed by atoms with Crippen LogP contribution in [0.5, 0.6) is 0 Å². The van der Waals surface area contributed by atoms with Gasteiger partial charge in [-0.05, 0) is 44.9 Å². The molecule has 5 heteroatoms. The summed E-state index contributed by atoms with van der Waals surface area (Å²) in [7, 11) is 2.13. The van der Waals surface area contributed by atoms with E-state index in [1.165, 1.54) is 0 Å². The maximum absolute atomic E-state index is 12.5. The monoisotopic (exact) mass is 313 g/mol. The van der Waals surface area contributed by atoms with Gasteiger partial charge in [-0.3, -0.25) is 0 Å². The van der Waals surface area contributed by atoms with Crippen molar-refractivity contribution in [1.82, 2.24) is 4.72 Å². The zero-order valence-electron chi connectivity index (χ0n) is 13.1. The van der Waals surface area contributed by atoms with Crippen LogP contribution in [0.15, 0.2) is 53.4 Å². The Labute approximate surface area is 134 Å². The van der Waals surface area contributed by atoms with E-state index in [9.17, 15) is 8.42 Å². The van der Waals surface area contributed by atoms with E-state index in [4.69, 9.17) is 7.85 Å². The molecule has 0 saturated carbocycles. The summed E-state index contributed by atoms with van der Waals surface area (Å²) in [6, 6.07) is 14.3. The molecule has 0 aliphatic rings. The largest absolute Gasteiger partial charge is 0.241 e. The Morgan fingerprint density at radius 2 is 1.55 bits per heavy atom. The molecule has 1 N–H and O–H groups in total. The highest BCUT2D eigenvalue weighted by Gasteiger charge is 2.26. The lowest BCUT2D eigenvalue weighted by atomic mass is 9.91. The molecule has 0 spiro atoms. The van der Waals surface area contributed by atoms with Crippen molar-refractivity contribution in [3.63, 3.8) is 0 Å². The predicted molar refractivity (Wildman–Crippen MR) is 91.1 cm³/mol. The van der Waals surface area contributed by atoms with E-state index in [1.54, 1.807) is 24.3 Å². The standard InChI is InChI=1S/C17H20BNO2S/c1-13-4-10-16(11-5-13)22(20,21)19-17(2,3)12-14-6-8-15(18)9-7-14/h4-11,19H,12H2,1-3H3. The highest BCUT2D eigenvalue weighted by Crippen LogP contribution is 2.17. The van der Waals surface area contributed by atoms with Crippen molar-refractivity contribution in [2.24, 2.45) is 0 Å². The van der Waals surface area contributed by atoms with Gasteiger partial charge in [0.05, 0.1) is 4.90 Å². The van der Waals surface area contributed by atoms with Crippen LogP contribution in [0.1, 0.15) is 25.0 Å². The maximum Gasteiger partial charge on any atom is 0.241 e. The molecule has 0 aromatic heterocycles. The van der Waals surface area contributed by atoms with Gasteiger partial charge >= 0.3 is 0 Å². The molecule has 2 radical (unpaired) electrons. The third-order valence-electron chi connectivity index (χ3n) is 3.37. The summed E-state index contributed by atoms with van der Waals surface area (Å²) < 4.78 is 27.7. The van der Waals surface area contributed by atoms with Crippen LogP contribution in [0.2, 0.25) is 0 Å². The first kappa shape index (κ1) is 16.8. The highest BCUT2D eigenvalue weighted by atomic mass is 32.2. The summed E-state index contributed by atoms with van der Waals surface area (Å²) in [5, 5.41) is 0. The van der Waals surface area contributed by atoms with Gasteiger partial charge in [-0.1, -0.05) is 47.4 Å². The summed E-state index contributed by atoms with van der Waals surface area (Å²) in [5.41, 5.74) is 2.16. The Bertz CT molecular complexity index is 735. The molecule has 2 rings (SSSR count). The van der Waals surface area contributed by atoms with Gasteiger partial charge in [-0.15, -0.1) is 0 Å². The van der Waals surface area contributed by atoms with Crippen molar-refractivity contribution in [3.8, 4) is 0 Å². The number of hydrogen-bond acceptors (Lipinski definition) is 2. The van der Waals surface area contributed by atoms with E-state index in [0.717, 1.165) is 11.1 Å². The zero-order chi connectivity index (χ0) is 16.4. The summed E-state index contributed by atoms with van der Waals surface area (Å²) in [5.74, 6) is 0. The molecule has 114 valence electrons. The molecular weight excluding hydrogens is 293 g/mol. The van der Waals surface area contributed by atoms with E-state index >= 15 is 0 Å². The first-order chi connectivity index (χ1) is 10.2. The van der Waals surface area contributed by atoms with Gasteiger partial charge in [-0.2, -0.15) is 0 Å². The van der Waals surface area contributed by atoms with Gasteiger partial charge in [0.15, 0.2) is 0 Å². The molecule has 0 aliphatic heterocycles. The van der Waals surface area contributed by atoms with Gasteiger partial charge in [0.25, 0.3) is 0 Å². The van der Waals surface area contributed by atoms with Gasteiger partial charge in [0.1, 0.15) is 7.85 Å². The number of aryl methyl sites for hydroxylation is 1. The first-order valence-corrected chi connectivity index (χ1v) is 8.61. The fourth-order valence-corrected chi connectivity index (χ4v) is 3.73. The smallest absolute Gasteiger partial charge is 0.207 e. The fraction of sp³-hybridized carbons (Fsp3) is 0.294. The molecule has 3 nitrogen and oxygen atoms in total. The predicted octanol–water partition coefficient (Wildman–Crippen LogP) is 2.09. The topological polar surface area (TPSA) is 46.2 Å². The summed E-state index contributed by atoms with van der Waals surface area (Å²) >= 11 is 0. The molecular formula is C17H20BNO2S. The van der Waals surface area contributed by atoms with Crippen molar-refractivity contribution in [2.75, 3.05) is 0 Å². The molecule has 2 aromatic rings. The zero-order valence-corrected chi connectivity index (χ0v) is 13.9. The van der Waals surface area contributed by atoms with Crippen LogP contribution in [-0.2, 0) is 16.4 Å². The van der Waals surface area contributed by atoms with Crippen molar-refractivity contribution in [3.05, 3.63) is 59.7 Å². The average molecular weight is 313 g/mol. The number of nitrogens with one attached hydrogen (secondary N) is 1. The van der Waals surface area contributed by atoms with E-state index in [1.807, 2.05) is 45.0 Å².